The molecule has 2 aromatic rings. The van der Waals surface area contributed by atoms with Crippen LogP contribution in [-0.4, -0.2) is 14.2 Å². The van der Waals surface area contributed by atoms with Crippen LogP contribution in [-0.2, 0) is 12.6 Å². The van der Waals surface area contributed by atoms with Gasteiger partial charge in [0.1, 0.15) is 0 Å². The molecule has 8 heteroatoms. The van der Waals surface area contributed by atoms with Crippen LogP contribution in [0.5, 0.6) is 0 Å². The maximum absolute atomic E-state index is 14.7. The van der Waals surface area contributed by atoms with Gasteiger partial charge in [0.25, 0.3) is 0 Å². The Morgan fingerprint density at radius 2 is 1.76 bits per heavy atom. The largest absolute Gasteiger partial charge is 0.416 e. The zero-order valence-electron chi connectivity index (χ0n) is 12.8. The fourth-order valence-electron chi connectivity index (χ4n) is 2.89. The topological polar surface area (TPSA) is 33.1 Å². The molecule has 1 aliphatic rings. The minimum atomic E-state index is -4.47. The van der Waals surface area contributed by atoms with Gasteiger partial charge in [-0.05, 0) is 23.8 Å². The Labute approximate surface area is 153 Å². The number of aliphatic hydroxyl groups is 1. The van der Waals surface area contributed by atoms with Crippen molar-refractivity contribution in [3.63, 3.8) is 0 Å². The molecule has 1 N–H and O–H groups in total. The summed E-state index contributed by atoms with van der Waals surface area (Å²) in [5.41, 5.74) is 0.419. The zero-order valence-corrected chi connectivity index (χ0v) is 14.6. The number of hydrogen-bond acceptors (Lipinski definition) is 4. The van der Waals surface area contributed by atoms with Crippen LogP contribution in [0.4, 0.5) is 17.6 Å². The number of pyridine rings is 1. The van der Waals surface area contributed by atoms with Gasteiger partial charge in [-0.1, -0.05) is 18.2 Å². The summed E-state index contributed by atoms with van der Waals surface area (Å²) in [6.45, 7) is 0. The third-order valence-corrected chi connectivity index (χ3v) is 4.83. The lowest BCUT2D eigenvalue weighted by molar-refractivity contribution is -0.137. The second-order valence-corrected chi connectivity index (χ2v) is 8.20. The molecule has 3 rings (SSSR count). The van der Waals surface area contributed by atoms with Crippen LogP contribution < -0.4 is 0 Å². The second-order valence-electron chi connectivity index (χ2n) is 6.13. The van der Waals surface area contributed by atoms with Gasteiger partial charge < -0.3 is 5.11 Å². The Bertz CT molecular complexity index is 777. The molecule has 2 atom stereocenters. The van der Waals surface area contributed by atoms with E-state index in [0.717, 1.165) is 24.3 Å². The van der Waals surface area contributed by atoms with Gasteiger partial charge in [0, 0.05) is 24.1 Å². The van der Waals surface area contributed by atoms with E-state index in [1.165, 1.54) is 6.07 Å². The summed E-state index contributed by atoms with van der Waals surface area (Å²) < 4.78 is 51.8. The highest BCUT2D eigenvalue weighted by molar-refractivity contribution is 8.00. The van der Waals surface area contributed by atoms with Crippen molar-refractivity contribution in [2.75, 3.05) is 0 Å². The summed E-state index contributed by atoms with van der Waals surface area (Å²) in [6.07, 6.45) is -6.23. The lowest BCUT2D eigenvalue weighted by Gasteiger charge is -2.32. The molecular formula is C17H15F4NOS2. The molecule has 1 aromatic heterocycles. The van der Waals surface area contributed by atoms with E-state index >= 15 is 0 Å². The Morgan fingerprint density at radius 3 is 2.36 bits per heavy atom. The summed E-state index contributed by atoms with van der Waals surface area (Å²) in [5, 5.41) is 10.1. The molecule has 2 nitrogen and oxygen atoms in total. The molecule has 0 fully saturated rings. The molecule has 0 radical (unpaired) electrons. The van der Waals surface area contributed by atoms with Gasteiger partial charge in [-0.3, -0.25) is 4.98 Å². The van der Waals surface area contributed by atoms with Gasteiger partial charge in [0.05, 0.1) is 21.4 Å². The summed E-state index contributed by atoms with van der Waals surface area (Å²) in [6, 6.07) is 6.92. The number of hydrogen-bond donors (Lipinski definition) is 3. The first-order chi connectivity index (χ1) is 11.6. The van der Waals surface area contributed by atoms with E-state index in [1.807, 2.05) is 0 Å². The third-order valence-electron chi connectivity index (χ3n) is 4.15. The molecule has 0 aliphatic heterocycles. The minimum Gasteiger partial charge on any atom is -0.388 e. The summed E-state index contributed by atoms with van der Waals surface area (Å²) in [7, 11) is 0. The molecule has 0 saturated carbocycles. The number of halogens is 4. The van der Waals surface area contributed by atoms with Crippen molar-refractivity contribution < 1.29 is 22.7 Å². The molecule has 0 spiro atoms. The first-order valence-electron chi connectivity index (χ1n) is 7.50. The van der Waals surface area contributed by atoms with Crippen molar-refractivity contribution in [1.29, 1.82) is 0 Å². The van der Waals surface area contributed by atoms with Gasteiger partial charge in [-0.2, -0.15) is 38.4 Å². The number of thiol groups is 2. The first kappa shape index (κ1) is 18.5. The molecule has 0 bridgehead atoms. The Kier molecular flexibility index (Phi) is 4.81. The normalized spacial score (nSPS) is 20.8. The van der Waals surface area contributed by atoms with E-state index in [0.29, 0.717) is 24.1 Å². The smallest absolute Gasteiger partial charge is 0.388 e. The number of nitrogens with zero attached hydrogens (tertiary/aromatic N) is 1. The van der Waals surface area contributed by atoms with Crippen molar-refractivity contribution in [2.24, 2.45) is 0 Å². The van der Waals surface area contributed by atoms with Gasteiger partial charge in [-0.25, -0.2) is 4.39 Å². The molecular weight excluding hydrogens is 374 g/mol. The average molecular weight is 389 g/mol. The third kappa shape index (κ3) is 3.96. The van der Waals surface area contributed by atoms with Gasteiger partial charge in [-0.15, -0.1) is 0 Å². The van der Waals surface area contributed by atoms with Gasteiger partial charge >= 0.3 is 6.18 Å². The summed E-state index contributed by atoms with van der Waals surface area (Å²) in [5.74, 6) is 0. The second kappa shape index (κ2) is 6.48. The maximum Gasteiger partial charge on any atom is 0.416 e. The van der Waals surface area contributed by atoms with Crippen LogP contribution in [0.3, 0.4) is 0 Å². The maximum atomic E-state index is 14.7. The predicted molar refractivity (Wildman–Crippen MR) is 92.6 cm³/mol. The van der Waals surface area contributed by atoms with E-state index in [4.69, 9.17) is 0 Å². The van der Waals surface area contributed by atoms with Crippen molar-refractivity contribution in [2.45, 2.75) is 35.4 Å². The summed E-state index contributed by atoms with van der Waals surface area (Å²) >= 11 is 8.72. The van der Waals surface area contributed by atoms with Crippen molar-refractivity contribution in [1.82, 2.24) is 4.98 Å². The number of rotatable bonds is 2. The van der Waals surface area contributed by atoms with E-state index in [1.54, 1.807) is 6.07 Å². The fourth-order valence-corrected chi connectivity index (χ4v) is 3.53. The zero-order chi connectivity index (χ0) is 18.4. The number of aliphatic hydroxyl groups excluding tert-OH is 1. The number of benzene rings is 1. The van der Waals surface area contributed by atoms with E-state index in [2.05, 4.69) is 30.2 Å². The minimum absolute atomic E-state index is 0.0741. The van der Waals surface area contributed by atoms with Crippen LogP contribution >= 0.6 is 25.3 Å². The standard InChI is InChI=1S/C17H15F4NOS2/c18-15(9-1-3-10(4-2-9)17(19,20)21)12-6-5-11-13(22-12)7-16(24,25)8-14(11)23/h1-6,14-15,23-25H,7-8H2. The van der Waals surface area contributed by atoms with E-state index in [9.17, 15) is 22.7 Å². The fraction of sp³-hybridized carbons (Fsp3) is 0.353. The number of alkyl halides is 4. The Morgan fingerprint density at radius 1 is 1.12 bits per heavy atom. The Hall–Kier alpha value is -1.25. The van der Waals surface area contributed by atoms with Crippen LogP contribution in [0, 0.1) is 0 Å². The molecule has 0 amide bonds. The monoisotopic (exact) mass is 389 g/mol. The van der Waals surface area contributed by atoms with E-state index in [-0.39, 0.29) is 11.3 Å². The number of aromatic nitrogens is 1. The van der Waals surface area contributed by atoms with Crippen molar-refractivity contribution in [3.8, 4) is 0 Å². The lowest BCUT2D eigenvalue weighted by Crippen LogP contribution is -2.28. The molecule has 134 valence electrons. The molecule has 1 heterocycles. The predicted octanol–water partition coefficient (Wildman–Crippen LogP) is 4.69. The van der Waals surface area contributed by atoms with Gasteiger partial charge in [0.15, 0.2) is 6.17 Å². The molecule has 2 unspecified atom stereocenters. The SMILES string of the molecule is OC1CC(S)(S)Cc2nc(C(F)c3ccc(C(F)(F)F)cc3)ccc21. The number of fused-ring (bicyclic) bond motifs is 1. The molecule has 25 heavy (non-hydrogen) atoms. The van der Waals surface area contributed by atoms with Gasteiger partial charge in [0.2, 0.25) is 0 Å². The lowest BCUT2D eigenvalue weighted by atomic mass is 9.91. The molecule has 1 aromatic carbocycles. The van der Waals surface area contributed by atoms with Crippen LogP contribution in [0.1, 0.15) is 46.8 Å². The van der Waals surface area contributed by atoms with Crippen LogP contribution in [0.25, 0.3) is 0 Å². The van der Waals surface area contributed by atoms with Crippen molar-refractivity contribution in [3.05, 3.63) is 64.5 Å². The first-order valence-corrected chi connectivity index (χ1v) is 8.40. The highest BCUT2D eigenvalue weighted by atomic mass is 32.2. The molecule has 0 saturated heterocycles. The van der Waals surface area contributed by atoms with Crippen molar-refractivity contribution >= 4 is 25.3 Å². The highest BCUT2D eigenvalue weighted by Gasteiger charge is 2.34. The molecule has 1 aliphatic carbocycles. The quantitative estimate of drug-likeness (QED) is 0.396. The Balaban J connectivity index is 1.89. The average Bonchev–Trinajstić information content (AvgIpc) is 2.51. The highest BCUT2D eigenvalue weighted by Crippen LogP contribution is 2.41. The summed E-state index contributed by atoms with van der Waals surface area (Å²) in [4.78, 5) is 4.25. The van der Waals surface area contributed by atoms with E-state index < -0.39 is 28.1 Å². The van der Waals surface area contributed by atoms with Crippen LogP contribution in [0.2, 0.25) is 0 Å². The van der Waals surface area contributed by atoms with Crippen LogP contribution in [0.15, 0.2) is 36.4 Å².